The summed E-state index contributed by atoms with van der Waals surface area (Å²) in [6.45, 7) is 3.36. The molecule has 1 heterocycles. The van der Waals surface area contributed by atoms with Crippen LogP contribution in [-0.4, -0.2) is 41.2 Å². The van der Waals surface area contributed by atoms with Gasteiger partial charge < -0.3 is 9.80 Å². The van der Waals surface area contributed by atoms with Crippen molar-refractivity contribution < 1.29 is 9.59 Å². The van der Waals surface area contributed by atoms with Crippen LogP contribution in [0.25, 0.3) is 0 Å². The second-order valence-corrected chi connectivity index (χ2v) is 6.46. The minimum Gasteiger partial charge on any atom is -0.338 e. The van der Waals surface area contributed by atoms with Gasteiger partial charge in [-0.25, -0.2) is 0 Å². The average molecular weight is 336 g/mol. The van der Waals surface area contributed by atoms with Crippen LogP contribution < -0.4 is 0 Å². The third-order valence-corrected chi connectivity index (χ3v) is 4.79. The number of hydrogen-bond acceptors (Lipinski definition) is 2. The highest BCUT2D eigenvalue weighted by molar-refractivity contribution is 5.78. The van der Waals surface area contributed by atoms with Crippen LogP contribution in [0.15, 0.2) is 60.7 Å². The Morgan fingerprint density at radius 1 is 0.960 bits per heavy atom. The standard InChI is InChI=1S/C21H24N2O2/c1-17(24)23-15-14-22(16-20(23)19-10-6-3-7-11-19)21(25)13-12-18-8-4-2-5-9-18/h2-11,20H,12-16H2,1H3/t20-/m1/s1. The Hall–Kier alpha value is -2.62. The Morgan fingerprint density at radius 3 is 2.24 bits per heavy atom. The number of benzene rings is 2. The lowest BCUT2D eigenvalue weighted by atomic mass is 10.0. The van der Waals surface area contributed by atoms with E-state index in [9.17, 15) is 9.59 Å². The van der Waals surface area contributed by atoms with Crippen molar-refractivity contribution in [3.05, 3.63) is 71.8 Å². The van der Waals surface area contributed by atoms with Gasteiger partial charge in [-0.15, -0.1) is 0 Å². The van der Waals surface area contributed by atoms with Gasteiger partial charge in [0.2, 0.25) is 11.8 Å². The molecule has 130 valence electrons. The molecule has 2 aromatic carbocycles. The molecule has 0 unspecified atom stereocenters. The van der Waals surface area contributed by atoms with Gasteiger partial charge >= 0.3 is 0 Å². The van der Waals surface area contributed by atoms with E-state index < -0.39 is 0 Å². The number of carbonyl (C=O) groups excluding carboxylic acids is 2. The summed E-state index contributed by atoms with van der Waals surface area (Å²) in [6, 6.07) is 20.0. The second-order valence-electron chi connectivity index (χ2n) is 6.46. The number of rotatable bonds is 4. The molecular formula is C21H24N2O2. The molecule has 0 saturated carbocycles. The molecule has 1 fully saturated rings. The van der Waals surface area contributed by atoms with Crippen molar-refractivity contribution in [3.63, 3.8) is 0 Å². The van der Waals surface area contributed by atoms with Crippen LogP contribution in [0.5, 0.6) is 0 Å². The van der Waals surface area contributed by atoms with Crippen LogP contribution in [0.4, 0.5) is 0 Å². The molecule has 0 spiro atoms. The Bertz CT molecular complexity index is 715. The Morgan fingerprint density at radius 2 is 1.60 bits per heavy atom. The highest BCUT2D eigenvalue weighted by Crippen LogP contribution is 2.26. The fourth-order valence-corrected chi connectivity index (χ4v) is 3.40. The quantitative estimate of drug-likeness (QED) is 0.861. The number of aryl methyl sites for hydroxylation is 1. The summed E-state index contributed by atoms with van der Waals surface area (Å²) in [4.78, 5) is 28.4. The first-order valence-electron chi connectivity index (χ1n) is 8.79. The van der Waals surface area contributed by atoms with Gasteiger partial charge in [-0.3, -0.25) is 9.59 Å². The monoisotopic (exact) mass is 336 g/mol. The van der Waals surface area contributed by atoms with E-state index in [1.807, 2.05) is 70.5 Å². The third kappa shape index (κ3) is 4.27. The maximum absolute atomic E-state index is 12.6. The smallest absolute Gasteiger partial charge is 0.223 e. The molecule has 4 nitrogen and oxygen atoms in total. The molecule has 25 heavy (non-hydrogen) atoms. The third-order valence-electron chi connectivity index (χ3n) is 4.79. The van der Waals surface area contributed by atoms with E-state index in [2.05, 4.69) is 0 Å². The first kappa shape index (κ1) is 17.2. The van der Waals surface area contributed by atoms with E-state index in [1.54, 1.807) is 6.92 Å². The van der Waals surface area contributed by atoms with Crippen molar-refractivity contribution in [2.24, 2.45) is 0 Å². The SMILES string of the molecule is CC(=O)N1CCN(C(=O)CCc2ccccc2)C[C@@H]1c1ccccc1. The van der Waals surface area contributed by atoms with E-state index >= 15 is 0 Å². The molecule has 0 radical (unpaired) electrons. The fourth-order valence-electron chi connectivity index (χ4n) is 3.40. The number of piperazine rings is 1. The topological polar surface area (TPSA) is 40.6 Å². The summed E-state index contributed by atoms with van der Waals surface area (Å²) in [7, 11) is 0. The molecule has 0 aromatic heterocycles. The van der Waals surface area contributed by atoms with Crippen LogP contribution in [-0.2, 0) is 16.0 Å². The zero-order chi connectivity index (χ0) is 17.6. The van der Waals surface area contributed by atoms with Crippen molar-refractivity contribution in [2.75, 3.05) is 19.6 Å². The highest BCUT2D eigenvalue weighted by atomic mass is 16.2. The van der Waals surface area contributed by atoms with Gasteiger partial charge in [0.15, 0.2) is 0 Å². The molecule has 0 bridgehead atoms. The van der Waals surface area contributed by atoms with Crippen LogP contribution in [0.1, 0.15) is 30.5 Å². The first-order valence-corrected chi connectivity index (χ1v) is 8.79. The molecule has 0 N–H and O–H groups in total. The zero-order valence-corrected chi connectivity index (χ0v) is 14.6. The summed E-state index contributed by atoms with van der Waals surface area (Å²) >= 11 is 0. The molecule has 1 aliphatic heterocycles. The molecule has 3 rings (SSSR count). The lowest BCUT2D eigenvalue weighted by molar-refractivity contribution is -0.141. The number of amides is 2. The van der Waals surface area contributed by atoms with Crippen LogP contribution >= 0.6 is 0 Å². The van der Waals surface area contributed by atoms with Crippen LogP contribution in [0.2, 0.25) is 0 Å². The van der Waals surface area contributed by atoms with E-state index in [1.165, 1.54) is 5.56 Å². The van der Waals surface area contributed by atoms with E-state index in [0.29, 0.717) is 26.1 Å². The normalized spacial score (nSPS) is 17.4. The van der Waals surface area contributed by atoms with Gasteiger partial charge in [-0.2, -0.15) is 0 Å². The van der Waals surface area contributed by atoms with Gasteiger partial charge in [0.25, 0.3) is 0 Å². The first-order chi connectivity index (χ1) is 12.1. The number of hydrogen-bond donors (Lipinski definition) is 0. The molecule has 2 amide bonds. The molecule has 1 aliphatic rings. The molecule has 2 aromatic rings. The van der Waals surface area contributed by atoms with Gasteiger partial charge in [0.1, 0.15) is 0 Å². The van der Waals surface area contributed by atoms with Gasteiger partial charge in [0.05, 0.1) is 6.04 Å². The predicted molar refractivity (Wildman–Crippen MR) is 97.9 cm³/mol. The summed E-state index contributed by atoms with van der Waals surface area (Å²) in [5.74, 6) is 0.221. The second kappa shape index (κ2) is 7.97. The summed E-state index contributed by atoms with van der Waals surface area (Å²) in [5, 5.41) is 0. The maximum atomic E-state index is 12.6. The van der Waals surface area contributed by atoms with Crippen LogP contribution in [0, 0.1) is 0 Å². The Labute approximate surface area is 149 Å². The average Bonchev–Trinajstić information content (AvgIpc) is 2.67. The zero-order valence-electron chi connectivity index (χ0n) is 14.6. The van der Waals surface area contributed by atoms with Crippen molar-refractivity contribution in [1.82, 2.24) is 9.80 Å². The van der Waals surface area contributed by atoms with Crippen molar-refractivity contribution in [3.8, 4) is 0 Å². The van der Waals surface area contributed by atoms with Gasteiger partial charge in [-0.1, -0.05) is 60.7 Å². The minimum absolute atomic E-state index is 0.0604. The lowest BCUT2D eigenvalue weighted by Crippen LogP contribution is -2.51. The van der Waals surface area contributed by atoms with E-state index in [-0.39, 0.29) is 17.9 Å². The Balaban J connectivity index is 1.67. The van der Waals surface area contributed by atoms with Crippen molar-refractivity contribution in [2.45, 2.75) is 25.8 Å². The fraction of sp³-hybridized carbons (Fsp3) is 0.333. The molecule has 1 saturated heterocycles. The van der Waals surface area contributed by atoms with Crippen molar-refractivity contribution in [1.29, 1.82) is 0 Å². The Kier molecular flexibility index (Phi) is 5.49. The number of carbonyl (C=O) groups is 2. The summed E-state index contributed by atoms with van der Waals surface area (Å²) in [5.41, 5.74) is 2.26. The predicted octanol–water partition coefficient (Wildman–Crippen LogP) is 3.05. The van der Waals surface area contributed by atoms with Crippen molar-refractivity contribution >= 4 is 11.8 Å². The van der Waals surface area contributed by atoms with E-state index in [4.69, 9.17) is 0 Å². The van der Waals surface area contributed by atoms with Crippen LogP contribution in [0.3, 0.4) is 0 Å². The largest absolute Gasteiger partial charge is 0.338 e. The molecular weight excluding hydrogens is 312 g/mol. The lowest BCUT2D eigenvalue weighted by Gasteiger charge is -2.41. The van der Waals surface area contributed by atoms with E-state index in [0.717, 1.165) is 12.0 Å². The van der Waals surface area contributed by atoms with Gasteiger partial charge in [-0.05, 0) is 17.5 Å². The summed E-state index contributed by atoms with van der Waals surface area (Å²) in [6.07, 6.45) is 1.26. The minimum atomic E-state index is -0.0619. The van der Waals surface area contributed by atoms with Gasteiger partial charge in [0, 0.05) is 33.0 Å². The maximum Gasteiger partial charge on any atom is 0.223 e. The summed E-state index contributed by atoms with van der Waals surface area (Å²) < 4.78 is 0. The molecule has 0 aliphatic carbocycles. The highest BCUT2D eigenvalue weighted by Gasteiger charge is 2.31. The molecule has 1 atom stereocenters. The number of nitrogens with zero attached hydrogens (tertiary/aromatic N) is 2. The molecule has 4 heteroatoms.